The van der Waals surface area contributed by atoms with Crippen LogP contribution in [-0.2, 0) is 6.42 Å². The number of carbonyl (C=O) groups excluding carboxylic acids is 1. The molecule has 2 N–H and O–H groups in total. The SMILES string of the molecule is CCc1ccc(-n2nc3cc(C)c(NC(=S)NC(=O)c4ccc(OC)c(Cl)c4)cc3n2)cc1. The number of carbonyl (C=O) groups is 1. The summed E-state index contributed by atoms with van der Waals surface area (Å²) in [4.78, 5) is 14.1. The molecule has 33 heavy (non-hydrogen) atoms. The lowest BCUT2D eigenvalue weighted by atomic mass is 10.2. The molecule has 0 aliphatic rings. The van der Waals surface area contributed by atoms with E-state index in [1.807, 2.05) is 31.2 Å². The fourth-order valence-corrected chi connectivity index (χ4v) is 3.78. The Balaban J connectivity index is 1.50. The van der Waals surface area contributed by atoms with Crippen molar-refractivity contribution in [2.45, 2.75) is 20.3 Å². The molecule has 1 amide bonds. The lowest BCUT2D eigenvalue weighted by Gasteiger charge is -2.12. The molecule has 0 spiro atoms. The van der Waals surface area contributed by atoms with Crippen molar-refractivity contribution in [1.82, 2.24) is 20.3 Å². The van der Waals surface area contributed by atoms with Crippen molar-refractivity contribution in [2.75, 3.05) is 12.4 Å². The molecule has 4 rings (SSSR count). The van der Waals surface area contributed by atoms with E-state index in [4.69, 9.17) is 28.6 Å². The second-order valence-electron chi connectivity index (χ2n) is 7.42. The van der Waals surface area contributed by atoms with Gasteiger partial charge in [-0.25, -0.2) is 0 Å². The second kappa shape index (κ2) is 9.56. The second-order valence-corrected chi connectivity index (χ2v) is 8.24. The molecule has 4 aromatic rings. The summed E-state index contributed by atoms with van der Waals surface area (Å²) in [7, 11) is 1.51. The van der Waals surface area contributed by atoms with Crippen molar-refractivity contribution in [1.29, 1.82) is 0 Å². The summed E-state index contributed by atoms with van der Waals surface area (Å²) in [6, 6.07) is 16.7. The first-order chi connectivity index (χ1) is 15.9. The average Bonchev–Trinajstić information content (AvgIpc) is 3.21. The van der Waals surface area contributed by atoms with Gasteiger partial charge < -0.3 is 10.1 Å². The van der Waals surface area contributed by atoms with E-state index < -0.39 is 0 Å². The molecule has 3 aromatic carbocycles. The number of aryl methyl sites for hydroxylation is 2. The third-order valence-corrected chi connectivity index (χ3v) is 5.69. The number of ether oxygens (including phenoxy) is 1. The van der Waals surface area contributed by atoms with Crippen LogP contribution in [0.1, 0.15) is 28.4 Å². The largest absolute Gasteiger partial charge is 0.495 e. The third kappa shape index (κ3) is 4.97. The zero-order valence-corrected chi connectivity index (χ0v) is 19.9. The normalized spacial score (nSPS) is 10.8. The smallest absolute Gasteiger partial charge is 0.257 e. The Bertz CT molecular complexity index is 1350. The zero-order chi connectivity index (χ0) is 23.5. The highest BCUT2D eigenvalue weighted by atomic mass is 35.5. The number of benzene rings is 3. The molecular weight excluding hydrogens is 458 g/mol. The molecule has 0 unspecified atom stereocenters. The molecule has 1 aromatic heterocycles. The van der Waals surface area contributed by atoms with E-state index >= 15 is 0 Å². The predicted molar refractivity (Wildman–Crippen MR) is 135 cm³/mol. The van der Waals surface area contributed by atoms with E-state index in [9.17, 15) is 4.79 Å². The van der Waals surface area contributed by atoms with E-state index in [1.165, 1.54) is 18.7 Å². The van der Waals surface area contributed by atoms with Crippen LogP contribution in [0.25, 0.3) is 16.7 Å². The summed E-state index contributed by atoms with van der Waals surface area (Å²) in [5.74, 6) is 0.115. The Hall–Kier alpha value is -3.49. The third-order valence-electron chi connectivity index (χ3n) is 5.19. The van der Waals surface area contributed by atoms with E-state index in [0.717, 1.165) is 28.9 Å². The van der Waals surface area contributed by atoms with Gasteiger partial charge in [0.25, 0.3) is 5.91 Å². The van der Waals surface area contributed by atoms with E-state index in [1.54, 1.807) is 16.9 Å². The highest BCUT2D eigenvalue weighted by Gasteiger charge is 2.13. The number of thiocarbonyl (C=S) groups is 1. The van der Waals surface area contributed by atoms with Crippen LogP contribution < -0.4 is 15.4 Å². The number of methoxy groups -OCH3 is 1. The summed E-state index contributed by atoms with van der Waals surface area (Å²) >= 11 is 11.4. The maximum atomic E-state index is 12.5. The number of fused-ring (bicyclic) bond motifs is 1. The van der Waals surface area contributed by atoms with Gasteiger partial charge in [-0.1, -0.05) is 30.7 Å². The Morgan fingerprint density at radius 2 is 1.79 bits per heavy atom. The van der Waals surface area contributed by atoms with Crippen molar-refractivity contribution in [3.05, 3.63) is 76.3 Å². The number of rotatable bonds is 5. The first kappa shape index (κ1) is 22.7. The van der Waals surface area contributed by atoms with Crippen LogP contribution in [0.15, 0.2) is 54.6 Å². The van der Waals surface area contributed by atoms with Crippen molar-refractivity contribution in [3.63, 3.8) is 0 Å². The maximum Gasteiger partial charge on any atom is 0.257 e. The summed E-state index contributed by atoms with van der Waals surface area (Å²) in [5, 5.41) is 15.4. The summed E-state index contributed by atoms with van der Waals surface area (Å²) in [6.45, 7) is 4.05. The number of amides is 1. The van der Waals surface area contributed by atoms with Gasteiger partial charge in [-0.3, -0.25) is 10.1 Å². The van der Waals surface area contributed by atoms with Crippen molar-refractivity contribution >= 4 is 51.6 Å². The van der Waals surface area contributed by atoms with Crippen LogP contribution in [0.4, 0.5) is 5.69 Å². The minimum absolute atomic E-state index is 0.164. The van der Waals surface area contributed by atoms with Gasteiger partial charge in [-0.05, 0) is 79.2 Å². The van der Waals surface area contributed by atoms with Crippen LogP contribution in [0.3, 0.4) is 0 Å². The number of hydrogen-bond donors (Lipinski definition) is 2. The number of aromatic nitrogens is 3. The maximum absolute atomic E-state index is 12.5. The molecule has 168 valence electrons. The Kier molecular flexibility index (Phi) is 6.57. The monoisotopic (exact) mass is 479 g/mol. The Morgan fingerprint density at radius 1 is 1.09 bits per heavy atom. The highest BCUT2D eigenvalue weighted by Crippen LogP contribution is 2.25. The summed E-state index contributed by atoms with van der Waals surface area (Å²) < 4.78 is 5.11. The van der Waals surface area contributed by atoms with Gasteiger partial charge in [0.05, 0.1) is 17.8 Å². The van der Waals surface area contributed by atoms with E-state index in [2.05, 4.69) is 39.9 Å². The lowest BCUT2D eigenvalue weighted by Crippen LogP contribution is -2.34. The molecule has 9 heteroatoms. The van der Waals surface area contributed by atoms with Crippen LogP contribution in [-0.4, -0.2) is 33.1 Å². The zero-order valence-electron chi connectivity index (χ0n) is 18.3. The quantitative estimate of drug-likeness (QED) is 0.388. The number of hydrogen-bond acceptors (Lipinski definition) is 5. The van der Waals surface area contributed by atoms with Gasteiger partial charge in [0.15, 0.2) is 5.11 Å². The predicted octanol–water partition coefficient (Wildman–Crippen LogP) is 5.08. The van der Waals surface area contributed by atoms with Gasteiger partial charge in [0.2, 0.25) is 0 Å². The molecule has 0 aliphatic heterocycles. The molecular formula is C24H22ClN5O2S. The molecule has 0 radical (unpaired) electrons. The molecule has 0 saturated carbocycles. The van der Waals surface area contributed by atoms with Crippen LogP contribution in [0.5, 0.6) is 5.75 Å². The number of nitrogens with one attached hydrogen (secondary N) is 2. The summed E-state index contributed by atoms with van der Waals surface area (Å²) in [6.07, 6.45) is 0.977. The molecule has 1 heterocycles. The van der Waals surface area contributed by atoms with Crippen LogP contribution in [0.2, 0.25) is 5.02 Å². The minimum Gasteiger partial charge on any atom is -0.495 e. The van der Waals surface area contributed by atoms with Crippen molar-refractivity contribution in [3.8, 4) is 11.4 Å². The van der Waals surface area contributed by atoms with Crippen LogP contribution in [0, 0.1) is 6.92 Å². The molecule has 0 aliphatic carbocycles. The molecule has 0 saturated heterocycles. The van der Waals surface area contributed by atoms with Gasteiger partial charge in [-0.15, -0.1) is 10.2 Å². The number of halogens is 1. The molecule has 0 bridgehead atoms. The summed E-state index contributed by atoms with van der Waals surface area (Å²) in [5.41, 5.74) is 5.63. The van der Waals surface area contributed by atoms with Gasteiger partial charge in [0.1, 0.15) is 16.8 Å². The van der Waals surface area contributed by atoms with Gasteiger partial charge in [0, 0.05) is 11.3 Å². The lowest BCUT2D eigenvalue weighted by molar-refractivity contribution is 0.0977. The first-order valence-corrected chi connectivity index (χ1v) is 11.1. The highest BCUT2D eigenvalue weighted by molar-refractivity contribution is 7.80. The molecule has 0 atom stereocenters. The first-order valence-electron chi connectivity index (χ1n) is 10.3. The van der Waals surface area contributed by atoms with E-state index in [-0.39, 0.29) is 11.0 Å². The fourth-order valence-electron chi connectivity index (χ4n) is 3.32. The van der Waals surface area contributed by atoms with Crippen molar-refractivity contribution < 1.29 is 9.53 Å². The van der Waals surface area contributed by atoms with Gasteiger partial charge in [-0.2, -0.15) is 4.80 Å². The number of anilines is 1. The van der Waals surface area contributed by atoms with Crippen LogP contribution >= 0.6 is 23.8 Å². The number of nitrogens with zero attached hydrogens (tertiary/aromatic N) is 3. The van der Waals surface area contributed by atoms with E-state index in [0.29, 0.717) is 21.9 Å². The molecule has 0 fully saturated rings. The fraction of sp³-hybridized carbons (Fsp3) is 0.167. The standard InChI is InChI=1S/C24H22ClN5O2S/c1-4-15-5-8-17(9-6-15)30-28-20-11-14(2)19(13-21(20)29-30)26-24(33)27-23(31)16-7-10-22(32-3)18(25)12-16/h5-13H,4H2,1-3H3,(H2,26,27,31,33). The Morgan fingerprint density at radius 3 is 2.42 bits per heavy atom. The average molecular weight is 480 g/mol. The minimum atomic E-state index is -0.378. The molecule has 7 nitrogen and oxygen atoms in total. The topological polar surface area (TPSA) is 81.1 Å². The van der Waals surface area contributed by atoms with Gasteiger partial charge >= 0.3 is 0 Å². The Labute approximate surface area is 201 Å². The van der Waals surface area contributed by atoms with Crippen molar-refractivity contribution in [2.24, 2.45) is 0 Å².